The standard InChI is InChI=1S/C23H24FN5O/c24-14-6-7-16-18(26-27-20(16)11-14)5-2-9-28-10-8-21-17(12-28)15-3-1-4-19-23(15)29(21)13-22(30)25-19/h1,3-4,6-7,11,17,21H,2,5,8-10,12-13H2,(H,25,30)(H,26,27). The molecule has 3 aliphatic rings. The van der Waals surface area contributed by atoms with Crippen LogP contribution in [0.3, 0.4) is 0 Å². The highest BCUT2D eigenvalue weighted by Gasteiger charge is 2.44. The summed E-state index contributed by atoms with van der Waals surface area (Å²) in [6.07, 6.45) is 2.98. The van der Waals surface area contributed by atoms with Gasteiger partial charge >= 0.3 is 0 Å². The Labute approximate surface area is 174 Å². The normalized spacial score (nSPS) is 22.8. The number of aromatic nitrogens is 2. The number of fused-ring (bicyclic) bond motifs is 4. The average molecular weight is 405 g/mol. The molecule has 0 aliphatic carbocycles. The van der Waals surface area contributed by atoms with Crippen molar-refractivity contribution in [2.45, 2.75) is 31.2 Å². The van der Waals surface area contributed by atoms with Crippen LogP contribution < -0.4 is 10.2 Å². The first-order valence-electron chi connectivity index (χ1n) is 10.7. The molecule has 0 saturated carbocycles. The maximum Gasteiger partial charge on any atom is 0.243 e. The van der Waals surface area contributed by atoms with E-state index in [-0.39, 0.29) is 11.7 Å². The summed E-state index contributed by atoms with van der Waals surface area (Å²) in [7, 11) is 0. The molecule has 1 saturated heterocycles. The highest BCUT2D eigenvalue weighted by Crippen LogP contribution is 2.49. The maximum atomic E-state index is 13.4. The number of benzene rings is 2. The third-order valence-corrected chi connectivity index (χ3v) is 6.89. The van der Waals surface area contributed by atoms with E-state index >= 15 is 0 Å². The molecule has 2 N–H and O–H groups in total. The fourth-order valence-corrected chi connectivity index (χ4v) is 5.59. The van der Waals surface area contributed by atoms with E-state index in [1.54, 1.807) is 0 Å². The molecule has 1 aromatic heterocycles. The van der Waals surface area contributed by atoms with Crippen molar-refractivity contribution >= 4 is 28.2 Å². The van der Waals surface area contributed by atoms with E-state index in [2.05, 4.69) is 37.4 Å². The SMILES string of the molecule is O=C1CN2c3c(cccc3C3CN(CCCc4n[nH]c5cc(F)ccc45)CCC32)N1. The molecule has 6 rings (SSSR count). The zero-order valence-corrected chi connectivity index (χ0v) is 16.7. The number of aryl methyl sites for hydroxylation is 1. The lowest BCUT2D eigenvalue weighted by Crippen LogP contribution is -2.49. The van der Waals surface area contributed by atoms with Gasteiger partial charge in [0, 0.05) is 30.4 Å². The van der Waals surface area contributed by atoms with E-state index in [4.69, 9.17) is 0 Å². The van der Waals surface area contributed by atoms with Crippen molar-refractivity contribution in [3.05, 3.63) is 53.5 Å². The number of nitrogens with one attached hydrogen (secondary N) is 2. The van der Waals surface area contributed by atoms with E-state index in [0.717, 1.165) is 61.2 Å². The topological polar surface area (TPSA) is 64.3 Å². The minimum Gasteiger partial charge on any atom is -0.357 e. The maximum absolute atomic E-state index is 13.4. The second kappa shape index (κ2) is 6.80. The minimum atomic E-state index is -0.240. The number of aromatic amines is 1. The van der Waals surface area contributed by atoms with Crippen molar-refractivity contribution in [3.8, 4) is 0 Å². The molecular formula is C23H24FN5O. The average Bonchev–Trinajstić information content (AvgIpc) is 3.28. The number of hydrogen-bond donors (Lipinski definition) is 2. The van der Waals surface area contributed by atoms with Gasteiger partial charge in [-0.1, -0.05) is 12.1 Å². The second-order valence-electron chi connectivity index (χ2n) is 8.65. The molecule has 7 heteroatoms. The van der Waals surface area contributed by atoms with Crippen molar-refractivity contribution in [2.24, 2.45) is 0 Å². The number of para-hydroxylation sites is 1. The third-order valence-electron chi connectivity index (χ3n) is 6.89. The highest BCUT2D eigenvalue weighted by molar-refractivity contribution is 6.03. The van der Waals surface area contributed by atoms with Crippen molar-refractivity contribution in [1.82, 2.24) is 15.1 Å². The molecule has 1 fully saturated rings. The summed E-state index contributed by atoms with van der Waals surface area (Å²) >= 11 is 0. The molecular weight excluding hydrogens is 381 g/mol. The molecule has 0 spiro atoms. The van der Waals surface area contributed by atoms with Crippen LogP contribution in [0, 0.1) is 5.82 Å². The number of nitrogens with zero attached hydrogens (tertiary/aromatic N) is 3. The summed E-state index contributed by atoms with van der Waals surface area (Å²) in [6, 6.07) is 11.5. The summed E-state index contributed by atoms with van der Waals surface area (Å²) < 4.78 is 13.4. The second-order valence-corrected chi connectivity index (χ2v) is 8.65. The van der Waals surface area contributed by atoms with Crippen LogP contribution in [0.5, 0.6) is 0 Å². The summed E-state index contributed by atoms with van der Waals surface area (Å²) in [5, 5.41) is 11.4. The number of carbonyl (C=O) groups excluding carboxylic acids is 1. The smallest absolute Gasteiger partial charge is 0.243 e. The van der Waals surface area contributed by atoms with Gasteiger partial charge in [-0.15, -0.1) is 0 Å². The molecule has 2 unspecified atom stereocenters. The quantitative estimate of drug-likeness (QED) is 0.699. The molecule has 0 radical (unpaired) electrons. The van der Waals surface area contributed by atoms with Crippen molar-refractivity contribution < 1.29 is 9.18 Å². The number of anilines is 2. The first-order valence-corrected chi connectivity index (χ1v) is 10.7. The number of likely N-dealkylation sites (tertiary alicyclic amines) is 1. The van der Waals surface area contributed by atoms with Gasteiger partial charge in [0.15, 0.2) is 0 Å². The van der Waals surface area contributed by atoms with Gasteiger partial charge in [0.05, 0.1) is 29.1 Å². The van der Waals surface area contributed by atoms with Gasteiger partial charge < -0.3 is 15.1 Å². The van der Waals surface area contributed by atoms with Crippen LogP contribution in [0.2, 0.25) is 0 Å². The predicted molar refractivity (Wildman–Crippen MR) is 114 cm³/mol. The number of carbonyl (C=O) groups is 1. The number of rotatable bonds is 4. The van der Waals surface area contributed by atoms with Gasteiger partial charge in [-0.3, -0.25) is 9.89 Å². The van der Waals surface area contributed by atoms with E-state index in [0.29, 0.717) is 18.5 Å². The minimum absolute atomic E-state index is 0.0915. The van der Waals surface area contributed by atoms with E-state index < -0.39 is 0 Å². The van der Waals surface area contributed by atoms with Crippen LogP contribution in [0.25, 0.3) is 10.9 Å². The monoisotopic (exact) mass is 405 g/mol. The summed E-state index contributed by atoms with van der Waals surface area (Å²) in [6.45, 7) is 3.57. The number of H-pyrrole nitrogens is 1. The number of piperidine rings is 1. The van der Waals surface area contributed by atoms with Crippen molar-refractivity contribution in [2.75, 3.05) is 36.4 Å². The predicted octanol–water partition coefficient (Wildman–Crippen LogP) is 3.26. The molecule has 6 nitrogen and oxygen atoms in total. The van der Waals surface area contributed by atoms with E-state index in [1.165, 1.54) is 23.4 Å². The first-order chi connectivity index (χ1) is 14.7. The Morgan fingerprint density at radius 1 is 1.23 bits per heavy atom. The molecule has 2 aromatic carbocycles. The van der Waals surface area contributed by atoms with Gasteiger partial charge in [0.1, 0.15) is 5.82 Å². The van der Waals surface area contributed by atoms with E-state index in [1.807, 2.05) is 12.1 Å². The van der Waals surface area contributed by atoms with Gasteiger partial charge in [0.25, 0.3) is 0 Å². The van der Waals surface area contributed by atoms with E-state index in [9.17, 15) is 9.18 Å². The molecule has 3 aliphatic heterocycles. The van der Waals surface area contributed by atoms with Crippen LogP contribution in [0.1, 0.15) is 30.0 Å². The third kappa shape index (κ3) is 2.80. The molecule has 154 valence electrons. The van der Waals surface area contributed by atoms with Crippen LogP contribution in [0.15, 0.2) is 36.4 Å². The van der Waals surface area contributed by atoms with Gasteiger partial charge in [-0.25, -0.2) is 4.39 Å². The Morgan fingerprint density at radius 3 is 3.10 bits per heavy atom. The van der Waals surface area contributed by atoms with Gasteiger partial charge in [0.2, 0.25) is 5.91 Å². The summed E-state index contributed by atoms with van der Waals surface area (Å²) in [4.78, 5) is 17.0. The lowest BCUT2D eigenvalue weighted by Gasteiger charge is -2.39. The van der Waals surface area contributed by atoms with Crippen LogP contribution in [-0.4, -0.2) is 53.2 Å². The van der Waals surface area contributed by atoms with Crippen molar-refractivity contribution in [1.29, 1.82) is 0 Å². The molecule has 4 heterocycles. The largest absolute Gasteiger partial charge is 0.357 e. The Balaban J connectivity index is 1.14. The number of halogens is 1. The molecule has 30 heavy (non-hydrogen) atoms. The Hall–Kier alpha value is -2.93. The van der Waals surface area contributed by atoms with Gasteiger partial charge in [-0.2, -0.15) is 5.10 Å². The number of amides is 1. The molecule has 3 aromatic rings. The molecule has 1 amide bonds. The summed E-state index contributed by atoms with van der Waals surface area (Å²) in [5.74, 6) is 0.305. The Bertz CT molecular complexity index is 1140. The Morgan fingerprint density at radius 2 is 2.17 bits per heavy atom. The lowest BCUT2D eigenvalue weighted by atomic mass is 9.89. The fourth-order valence-electron chi connectivity index (χ4n) is 5.59. The zero-order valence-electron chi connectivity index (χ0n) is 16.7. The van der Waals surface area contributed by atoms with Crippen LogP contribution >= 0.6 is 0 Å². The zero-order chi connectivity index (χ0) is 20.2. The van der Waals surface area contributed by atoms with Crippen LogP contribution in [0.4, 0.5) is 15.8 Å². The van der Waals surface area contributed by atoms with Gasteiger partial charge in [-0.05, 0) is 55.6 Å². The van der Waals surface area contributed by atoms with Crippen LogP contribution in [-0.2, 0) is 11.2 Å². The van der Waals surface area contributed by atoms with Crippen molar-refractivity contribution in [3.63, 3.8) is 0 Å². The highest BCUT2D eigenvalue weighted by atomic mass is 19.1. The summed E-state index contributed by atoms with van der Waals surface area (Å²) in [5.41, 5.74) is 5.36. The fraction of sp³-hybridized carbons (Fsp3) is 0.391. The lowest BCUT2D eigenvalue weighted by molar-refractivity contribution is -0.115. The Kier molecular flexibility index (Phi) is 4.06. The molecule has 0 bridgehead atoms. The molecule has 2 atom stereocenters. The first kappa shape index (κ1) is 17.9. The number of hydrogen-bond acceptors (Lipinski definition) is 4.